The summed E-state index contributed by atoms with van der Waals surface area (Å²) in [6.45, 7) is 0. The summed E-state index contributed by atoms with van der Waals surface area (Å²) in [4.78, 5) is 6.39. The molecule has 0 bridgehead atoms. The van der Waals surface area contributed by atoms with Gasteiger partial charge in [-0.3, -0.25) is 0 Å². The highest BCUT2D eigenvalue weighted by molar-refractivity contribution is 6.48. The number of aryl methyl sites for hydroxylation is 2. The van der Waals surface area contributed by atoms with Crippen molar-refractivity contribution in [3.8, 4) is 0 Å². The van der Waals surface area contributed by atoms with E-state index in [1.54, 1.807) is 17.0 Å². The fourth-order valence-electron chi connectivity index (χ4n) is 3.40. The van der Waals surface area contributed by atoms with Crippen LogP contribution in [-0.4, -0.2) is 13.0 Å². The molecule has 6 heteroatoms. The van der Waals surface area contributed by atoms with E-state index < -0.39 is 0 Å². The molecule has 0 fully saturated rings. The van der Waals surface area contributed by atoms with Crippen molar-refractivity contribution in [3.63, 3.8) is 0 Å². The third kappa shape index (κ3) is 2.90. The number of benzene rings is 3. The highest BCUT2D eigenvalue weighted by Gasteiger charge is 2.16. The smallest absolute Gasteiger partial charge is 0.200 e. The molecular formula is C20H16Cl3N3. The summed E-state index contributed by atoms with van der Waals surface area (Å²) in [6, 6.07) is 13.9. The van der Waals surface area contributed by atoms with Gasteiger partial charge in [0.2, 0.25) is 5.96 Å². The van der Waals surface area contributed by atoms with E-state index in [1.807, 2.05) is 13.1 Å². The van der Waals surface area contributed by atoms with E-state index in [2.05, 4.69) is 29.3 Å². The van der Waals surface area contributed by atoms with Gasteiger partial charge in [-0.15, -0.1) is 0 Å². The molecule has 3 nitrogen and oxygen atoms in total. The molecule has 1 aliphatic carbocycles. The minimum atomic E-state index is 0.327. The summed E-state index contributed by atoms with van der Waals surface area (Å²) in [5.41, 5.74) is 10.6. The summed E-state index contributed by atoms with van der Waals surface area (Å²) in [5, 5.41) is 3.51. The van der Waals surface area contributed by atoms with Crippen LogP contribution in [0.4, 0.5) is 11.4 Å². The zero-order valence-corrected chi connectivity index (χ0v) is 16.3. The Bertz CT molecular complexity index is 1030. The topological polar surface area (TPSA) is 41.6 Å². The molecule has 0 heterocycles. The summed E-state index contributed by atoms with van der Waals surface area (Å²) in [6.07, 6.45) is 2.16. The minimum absolute atomic E-state index is 0.327. The third-order valence-corrected chi connectivity index (χ3v) is 5.99. The largest absolute Gasteiger partial charge is 0.369 e. The van der Waals surface area contributed by atoms with Crippen LogP contribution in [0.25, 0.3) is 10.8 Å². The number of hydrogen-bond acceptors (Lipinski definition) is 1. The molecular weight excluding hydrogens is 389 g/mol. The number of anilines is 1. The maximum Gasteiger partial charge on any atom is 0.200 e. The lowest BCUT2D eigenvalue weighted by Crippen LogP contribution is -2.33. The average molecular weight is 405 g/mol. The molecule has 0 amide bonds. The van der Waals surface area contributed by atoms with E-state index in [0.29, 0.717) is 21.0 Å². The first kappa shape index (κ1) is 17.5. The van der Waals surface area contributed by atoms with Gasteiger partial charge < -0.3 is 10.6 Å². The SMILES string of the molecule is CN(C(N)=Nc1ccc2c3c(cccc13)CC2)c1cc(Cl)c(Cl)c(Cl)c1. The van der Waals surface area contributed by atoms with E-state index in [-0.39, 0.29) is 0 Å². The molecule has 3 aromatic rings. The van der Waals surface area contributed by atoms with Crippen molar-refractivity contribution in [2.24, 2.45) is 10.7 Å². The molecule has 132 valence electrons. The molecule has 3 aromatic carbocycles. The summed E-state index contributed by atoms with van der Waals surface area (Å²) in [7, 11) is 1.81. The van der Waals surface area contributed by atoms with Gasteiger partial charge in [-0.25, -0.2) is 4.99 Å². The second-order valence-corrected chi connectivity index (χ2v) is 7.53. The van der Waals surface area contributed by atoms with Crippen molar-refractivity contribution in [1.82, 2.24) is 0 Å². The van der Waals surface area contributed by atoms with Gasteiger partial charge in [0, 0.05) is 18.1 Å². The molecule has 0 aliphatic heterocycles. The minimum Gasteiger partial charge on any atom is -0.369 e. The first-order chi connectivity index (χ1) is 12.5. The van der Waals surface area contributed by atoms with Gasteiger partial charge in [-0.2, -0.15) is 0 Å². The van der Waals surface area contributed by atoms with Gasteiger partial charge in [-0.05, 0) is 47.6 Å². The van der Waals surface area contributed by atoms with Gasteiger partial charge in [0.05, 0.1) is 20.8 Å². The summed E-state index contributed by atoms with van der Waals surface area (Å²) in [5.74, 6) is 0.346. The number of halogens is 3. The number of aliphatic imine (C=N–C) groups is 1. The molecule has 0 saturated heterocycles. The fourth-order valence-corrected chi connectivity index (χ4v) is 3.98. The lowest BCUT2D eigenvalue weighted by molar-refractivity contribution is 1.02. The van der Waals surface area contributed by atoms with Crippen molar-refractivity contribution >= 4 is 62.9 Å². The lowest BCUT2D eigenvalue weighted by Gasteiger charge is -2.19. The molecule has 1 aliphatic rings. The number of rotatable bonds is 2. The Labute approximate surface area is 167 Å². The van der Waals surface area contributed by atoms with Crippen LogP contribution in [0.3, 0.4) is 0 Å². The van der Waals surface area contributed by atoms with Crippen molar-refractivity contribution in [2.45, 2.75) is 12.8 Å². The molecule has 2 N–H and O–H groups in total. The Morgan fingerprint density at radius 2 is 1.65 bits per heavy atom. The first-order valence-electron chi connectivity index (χ1n) is 8.21. The van der Waals surface area contributed by atoms with Gasteiger partial charge in [0.25, 0.3) is 0 Å². The lowest BCUT2D eigenvalue weighted by atomic mass is 10.0. The standard InChI is InChI=1S/C20H16Cl3N3/c1-26(13-9-15(21)19(23)16(22)10-13)20(24)25-17-8-7-12-6-5-11-3-2-4-14(17)18(11)12/h2-4,7-10H,5-6H2,1H3,(H2,24,25). The highest BCUT2D eigenvalue weighted by atomic mass is 35.5. The number of nitrogens with zero attached hydrogens (tertiary/aromatic N) is 2. The Balaban J connectivity index is 1.76. The number of nitrogens with two attached hydrogens (primary N) is 1. The van der Waals surface area contributed by atoms with Crippen LogP contribution in [0, 0.1) is 0 Å². The maximum atomic E-state index is 6.26. The molecule has 0 radical (unpaired) electrons. The molecule has 0 spiro atoms. The van der Waals surface area contributed by atoms with Gasteiger partial charge in [0.15, 0.2) is 0 Å². The van der Waals surface area contributed by atoms with Gasteiger partial charge in [-0.1, -0.05) is 59.1 Å². The Hall–Kier alpha value is -1.94. The van der Waals surface area contributed by atoms with Crippen molar-refractivity contribution in [3.05, 3.63) is 68.7 Å². The summed E-state index contributed by atoms with van der Waals surface area (Å²) >= 11 is 18.3. The Morgan fingerprint density at radius 3 is 2.35 bits per heavy atom. The monoisotopic (exact) mass is 403 g/mol. The first-order valence-corrected chi connectivity index (χ1v) is 9.35. The highest BCUT2D eigenvalue weighted by Crippen LogP contribution is 2.37. The molecule has 0 atom stereocenters. The van der Waals surface area contributed by atoms with Crippen LogP contribution in [0.15, 0.2) is 47.5 Å². The van der Waals surface area contributed by atoms with E-state index in [1.165, 1.54) is 16.5 Å². The van der Waals surface area contributed by atoms with Gasteiger partial charge >= 0.3 is 0 Å². The predicted molar refractivity (Wildman–Crippen MR) is 113 cm³/mol. The predicted octanol–water partition coefficient (Wildman–Crippen LogP) is 5.98. The maximum absolute atomic E-state index is 6.26. The molecule has 0 unspecified atom stereocenters. The van der Waals surface area contributed by atoms with Crippen LogP contribution in [-0.2, 0) is 12.8 Å². The average Bonchev–Trinajstić information content (AvgIpc) is 3.05. The van der Waals surface area contributed by atoms with Crippen LogP contribution in [0.2, 0.25) is 15.1 Å². The zero-order chi connectivity index (χ0) is 18.4. The molecule has 0 saturated carbocycles. The van der Waals surface area contributed by atoms with Crippen LogP contribution in [0.1, 0.15) is 11.1 Å². The van der Waals surface area contributed by atoms with E-state index in [4.69, 9.17) is 40.5 Å². The second kappa shape index (κ2) is 6.66. The van der Waals surface area contributed by atoms with Crippen LogP contribution >= 0.6 is 34.8 Å². The Kier molecular flexibility index (Phi) is 4.47. The number of guanidine groups is 1. The van der Waals surface area contributed by atoms with Crippen molar-refractivity contribution < 1.29 is 0 Å². The second-order valence-electron chi connectivity index (χ2n) is 6.34. The quantitative estimate of drug-likeness (QED) is 0.324. The van der Waals surface area contributed by atoms with E-state index in [0.717, 1.165) is 29.6 Å². The zero-order valence-electron chi connectivity index (χ0n) is 14.1. The third-order valence-electron chi connectivity index (χ3n) is 4.79. The Morgan fingerprint density at radius 1 is 1.00 bits per heavy atom. The van der Waals surface area contributed by atoms with Crippen molar-refractivity contribution in [1.29, 1.82) is 0 Å². The number of hydrogen-bond donors (Lipinski definition) is 1. The fraction of sp³-hybridized carbons (Fsp3) is 0.150. The summed E-state index contributed by atoms with van der Waals surface area (Å²) < 4.78 is 0. The molecule has 0 aromatic heterocycles. The normalized spacial score (nSPS) is 13.5. The van der Waals surface area contributed by atoms with E-state index in [9.17, 15) is 0 Å². The molecule has 4 rings (SSSR count). The molecule has 26 heavy (non-hydrogen) atoms. The van der Waals surface area contributed by atoms with Gasteiger partial charge in [0.1, 0.15) is 0 Å². The van der Waals surface area contributed by atoms with Crippen LogP contribution in [0.5, 0.6) is 0 Å². The van der Waals surface area contributed by atoms with Crippen LogP contribution < -0.4 is 10.6 Å². The van der Waals surface area contributed by atoms with E-state index >= 15 is 0 Å². The van der Waals surface area contributed by atoms with Crippen molar-refractivity contribution in [2.75, 3.05) is 11.9 Å².